The molecule has 0 saturated heterocycles. The molecule has 3 rings (SSSR count). The fraction of sp³-hybridized carbons (Fsp3) is 0.471. The van der Waals surface area contributed by atoms with Crippen molar-refractivity contribution in [2.24, 2.45) is 0 Å². The lowest BCUT2D eigenvalue weighted by Crippen LogP contribution is -2.21. The Morgan fingerprint density at radius 2 is 2.24 bits per heavy atom. The monoisotopic (exact) mass is 285 g/mol. The molecule has 0 saturated carbocycles. The van der Waals surface area contributed by atoms with Crippen molar-refractivity contribution in [3.63, 3.8) is 0 Å². The molecule has 1 unspecified atom stereocenters. The molecule has 0 amide bonds. The van der Waals surface area contributed by atoms with Gasteiger partial charge < -0.3 is 10.4 Å². The third-order valence-corrected chi connectivity index (χ3v) is 4.29. The van der Waals surface area contributed by atoms with E-state index in [1.54, 1.807) is 6.07 Å². The fourth-order valence-electron chi connectivity index (χ4n) is 3.25. The zero-order valence-electron chi connectivity index (χ0n) is 12.8. The number of nitrogens with one attached hydrogen (secondary N) is 1. The lowest BCUT2D eigenvalue weighted by molar-refractivity contribution is 0.469. The summed E-state index contributed by atoms with van der Waals surface area (Å²) in [5.74, 6) is 0.444. The highest BCUT2D eigenvalue weighted by Crippen LogP contribution is 2.36. The number of aryl methyl sites for hydroxylation is 3. The number of hydrogen-bond acceptors (Lipinski definition) is 3. The number of nitrogens with zero attached hydrogens (tertiary/aromatic N) is 2. The maximum atomic E-state index is 9.86. The van der Waals surface area contributed by atoms with Crippen molar-refractivity contribution in [1.29, 1.82) is 0 Å². The predicted molar refractivity (Wildman–Crippen MR) is 83.5 cm³/mol. The maximum Gasteiger partial charge on any atom is 0.119 e. The molecular weight excluding hydrogens is 262 g/mol. The van der Waals surface area contributed by atoms with Gasteiger partial charge in [0.05, 0.1) is 5.69 Å². The molecule has 2 aromatic rings. The second-order valence-electron chi connectivity index (χ2n) is 5.89. The van der Waals surface area contributed by atoms with Gasteiger partial charge in [-0.3, -0.25) is 4.68 Å². The zero-order valence-corrected chi connectivity index (χ0v) is 12.8. The Kier molecular flexibility index (Phi) is 3.97. The minimum absolute atomic E-state index is 0.382. The number of rotatable bonds is 5. The molecule has 1 aromatic carbocycles. The first-order valence-electron chi connectivity index (χ1n) is 7.70. The summed E-state index contributed by atoms with van der Waals surface area (Å²) in [6.45, 7) is 6.05. The fourth-order valence-corrected chi connectivity index (χ4v) is 3.25. The van der Waals surface area contributed by atoms with Crippen LogP contribution in [0.2, 0.25) is 0 Å². The van der Waals surface area contributed by atoms with Crippen LogP contribution in [0, 0.1) is 13.8 Å². The Morgan fingerprint density at radius 3 is 3.00 bits per heavy atom. The van der Waals surface area contributed by atoms with Gasteiger partial charge in [-0.15, -0.1) is 0 Å². The molecule has 2 N–H and O–H groups in total. The van der Waals surface area contributed by atoms with E-state index >= 15 is 0 Å². The third-order valence-electron chi connectivity index (χ3n) is 4.29. The lowest BCUT2D eigenvalue weighted by Gasteiger charge is -2.14. The highest BCUT2D eigenvalue weighted by atomic mass is 16.3. The quantitative estimate of drug-likeness (QED) is 0.831. The Hall–Kier alpha value is -1.81. The Balaban J connectivity index is 1.51. The minimum Gasteiger partial charge on any atom is -0.508 e. The highest BCUT2D eigenvalue weighted by molar-refractivity contribution is 5.44. The molecule has 4 heteroatoms. The largest absolute Gasteiger partial charge is 0.508 e. The van der Waals surface area contributed by atoms with Crippen molar-refractivity contribution >= 4 is 0 Å². The highest BCUT2D eigenvalue weighted by Gasteiger charge is 2.23. The van der Waals surface area contributed by atoms with Crippen molar-refractivity contribution in [3.8, 4) is 5.75 Å². The molecule has 1 aliphatic rings. The summed E-state index contributed by atoms with van der Waals surface area (Å²) in [7, 11) is 0. The summed E-state index contributed by atoms with van der Waals surface area (Å²) >= 11 is 0. The standard InChI is InChI=1S/C17H23N3O/c1-12-11-13(2)20(19-12)10-4-9-18-16-8-7-15-14(16)5-3-6-17(15)21/h3,5-6,11,16,18,21H,4,7-10H2,1-2H3. The predicted octanol–water partition coefficient (Wildman–Crippen LogP) is 2.87. The molecule has 1 aliphatic carbocycles. The van der Waals surface area contributed by atoms with E-state index in [4.69, 9.17) is 0 Å². The van der Waals surface area contributed by atoms with E-state index in [0.29, 0.717) is 11.8 Å². The first-order valence-corrected chi connectivity index (χ1v) is 7.70. The van der Waals surface area contributed by atoms with E-state index in [1.165, 1.54) is 11.3 Å². The molecule has 0 fully saturated rings. The van der Waals surface area contributed by atoms with E-state index in [2.05, 4.69) is 34.2 Å². The van der Waals surface area contributed by atoms with Crippen LogP contribution in [0.25, 0.3) is 0 Å². The van der Waals surface area contributed by atoms with Crippen LogP contribution in [0.4, 0.5) is 0 Å². The summed E-state index contributed by atoms with van der Waals surface area (Å²) in [6, 6.07) is 8.34. The Morgan fingerprint density at radius 1 is 1.38 bits per heavy atom. The van der Waals surface area contributed by atoms with Gasteiger partial charge in [0.1, 0.15) is 5.75 Å². The first kappa shape index (κ1) is 14.1. The smallest absolute Gasteiger partial charge is 0.119 e. The van der Waals surface area contributed by atoms with Crippen molar-refractivity contribution in [2.45, 2.75) is 45.7 Å². The first-order chi connectivity index (χ1) is 10.1. The van der Waals surface area contributed by atoms with E-state index in [9.17, 15) is 5.11 Å². The van der Waals surface area contributed by atoms with Gasteiger partial charge in [0.2, 0.25) is 0 Å². The molecule has 0 radical (unpaired) electrons. The van der Waals surface area contributed by atoms with Crippen molar-refractivity contribution in [3.05, 3.63) is 46.8 Å². The summed E-state index contributed by atoms with van der Waals surface area (Å²) < 4.78 is 2.07. The molecule has 112 valence electrons. The molecule has 1 atom stereocenters. The second kappa shape index (κ2) is 5.90. The average Bonchev–Trinajstić information content (AvgIpc) is 3.00. The van der Waals surface area contributed by atoms with Crippen LogP contribution in [-0.2, 0) is 13.0 Å². The number of benzene rings is 1. The second-order valence-corrected chi connectivity index (χ2v) is 5.89. The number of phenolic OH excluding ortho intramolecular Hbond substituents is 1. The van der Waals surface area contributed by atoms with Crippen LogP contribution in [0.5, 0.6) is 5.75 Å². The molecule has 1 heterocycles. The number of fused-ring (bicyclic) bond motifs is 1. The van der Waals surface area contributed by atoms with E-state index in [1.807, 2.05) is 13.0 Å². The number of aromatic nitrogens is 2. The van der Waals surface area contributed by atoms with Gasteiger partial charge in [0.25, 0.3) is 0 Å². The van der Waals surface area contributed by atoms with Crippen molar-refractivity contribution in [1.82, 2.24) is 15.1 Å². The molecule has 0 spiro atoms. The van der Waals surface area contributed by atoms with Crippen LogP contribution in [0.15, 0.2) is 24.3 Å². The molecule has 1 aromatic heterocycles. The van der Waals surface area contributed by atoms with Gasteiger partial charge >= 0.3 is 0 Å². The van der Waals surface area contributed by atoms with Crippen LogP contribution in [-0.4, -0.2) is 21.4 Å². The maximum absolute atomic E-state index is 9.86. The van der Waals surface area contributed by atoms with Gasteiger partial charge in [-0.2, -0.15) is 5.10 Å². The summed E-state index contributed by atoms with van der Waals surface area (Å²) in [6.07, 6.45) is 3.11. The average molecular weight is 285 g/mol. The molecule has 0 aliphatic heterocycles. The Bertz CT molecular complexity index is 633. The van der Waals surface area contributed by atoms with Gasteiger partial charge in [0.15, 0.2) is 0 Å². The van der Waals surface area contributed by atoms with Gasteiger partial charge in [-0.1, -0.05) is 12.1 Å². The van der Waals surface area contributed by atoms with Crippen molar-refractivity contribution < 1.29 is 5.11 Å². The SMILES string of the molecule is Cc1cc(C)n(CCCNC2CCc3c(O)cccc32)n1. The summed E-state index contributed by atoms with van der Waals surface area (Å²) in [4.78, 5) is 0. The van der Waals surface area contributed by atoms with Crippen LogP contribution in [0.3, 0.4) is 0 Å². The molecule has 4 nitrogen and oxygen atoms in total. The van der Waals surface area contributed by atoms with Gasteiger partial charge in [-0.25, -0.2) is 0 Å². The minimum atomic E-state index is 0.382. The van der Waals surface area contributed by atoms with Crippen LogP contribution >= 0.6 is 0 Å². The van der Waals surface area contributed by atoms with Crippen LogP contribution < -0.4 is 5.32 Å². The van der Waals surface area contributed by atoms with Crippen LogP contribution in [0.1, 0.15) is 41.4 Å². The lowest BCUT2D eigenvalue weighted by atomic mass is 10.1. The number of hydrogen-bond donors (Lipinski definition) is 2. The molecule has 0 bridgehead atoms. The number of aromatic hydroxyl groups is 1. The normalized spacial score (nSPS) is 17.1. The van der Waals surface area contributed by atoms with Crippen molar-refractivity contribution in [2.75, 3.05) is 6.54 Å². The number of phenols is 1. The zero-order chi connectivity index (χ0) is 14.8. The summed E-state index contributed by atoms with van der Waals surface area (Å²) in [5.41, 5.74) is 4.69. The van der Waals surface area contributed by atoms with E-state index < -0.39 is 0 Å². The van der Waals surface area contributed by atoms with E-state index in [0.717, 1.165) is 43.6 Å². The molecule has 21 heavy (non-hydrogen) atoms. The van der Waals surface area contributed by atoms with E-state index in [-0.39, 0.29) is 0 Å². The molecular formula is C17H23N3O. The topological polar surface area (TPSA) is 50.1 Å². The Labute approximate surface area is 125 Å². The summed E-state index contributed by atoms with van der Waals surface area (Å²) in [5, 5.41) is 18.0. The third kappa shape index (κ3) is 2.95. The van der Waals surface area contributed by atoms with Gasteiger partial charge in [0, 0.05) is 18.3 Å². The van der Waals surface area contributed by atoms with Gasteiger partial charge in [-0.05, 0) is 62.9 Å².